The van der Waals surface area contributed by atoms with Crippen molar-refractivity contribution in [1.29, 1.82) is 0 Å². The van der Waals surface area contributed by atoms with Crippen LogP contribution in [0.1, 0.15) is 18.9 Å². The number of halogens is 1. The van der Waals surface area contributed by atoms with Crippen LogP contribution in [0.2, 0.25) is 0 Å². The minimum absolute atomic E-state index is 0.0550. The second-order valence-electron chi connectivity index (χ2n) is 4.31. The average molecular weight is 223 g/mol. The molecule has 0 bridgehead atoms. The number of rotatable bonds is 5. The molecule has 0 aliphatic carbocycles. The van der Waals surface area contributed by atoms with E-state index in [1.165, 1.54) is 6.07 Å². The Labute approximate surface area is 95.8 Å². The highest BCUT2D eigenvalue weighted by Gasteiger charge is 2.39. The van der Waals surface area contributed by atoms with Gasteiger partial charge in [-0.3, -0.25) is 0 Å². The van der Waals surface area contributed by atoms with Crippen LogP contribution in [0.5, 0.6) is 0 Å². The van der Waals surface area contributed by atoms with Gasteiger partial charge >= 0.3 is 0 Å². The molecule has 0 unspecified atom stereocenters. The van der Waals surface area contributed by atoms with Gasteiger partial charge in [-0.1, -0.05) is 18.2 Å². The third kappa shape index (κ3) is 2.11. The Balaban J connectivity index is 2.12. The zero-order valence-corrected chi connectivity index (χ0v) is 9.63. The van der Waals surface area contributed by atoms with E-state index in [9.17, 15) is 4.39 Å². The minimum atomic E-state index is -0.0968. The van der Waals surface area contributed by atoms with E-state index in [2.05, 4.69) is 5.32 Å². The SMILES string of the molecule is CCOCCC1(c2ccccc2F)CNC1. The van der Waals surface area contributed by atoms with Crippen molar-refractivity contribution in [3.63, 3.8) is 0 Å². The molecule has 2 nitrogen and oxygen atoms in total. The van der Waals surface area contributed by atoms with Crippen LogP contribution >= 0.6 is 0 Å². The second-order valence-corrected chi connectivity index (χ2v) is 4.31. The highest BCUT2D eigenvalue weighted by atomic mass is 19.1. The molecule has 0 saturated carbocycles. The molecule has 1 aliphatic rings. The predicted octanol–water partition coefficient (Wildman–Crippen LogP) is 2.09. The molecule has 88 valence electrons. The fraction of sp³-hybridized carbons (Fsp3) is 0.538. The summed E-state index contributed by atoms with van der Waals surface area (Å²) in [4.78, 5) is 0. The maximum atomic E-state index is 13.7. The summed E-state index contributed by atoms with van der Waals surface area (Å²) in [6, 6.07) is 7.07. The first-order chi connectivity index (χ1) is 7.78. The molecule has 1 N–H and O–H groups in total. The smallest absolute Gasteiger partial charge is 0.127 e. The van der Waals surface area contributed by atoms with Crippen LogP contribution in [-0.2, 0) is 10.2 Å². The Morgan fingerprint density at radius 1 is 1.38 bits per heavy atom. The number of hydrogen-bond acceptors (Lipinski definition) is 2. The molecule has 0 atom stereocenters. The molecule has 1 saturated heterocycles. The van der Waals surface area contributed by atoms with Crippen LogP contribution in [0, 0.1) is 5.82 Å². The summed E-state index contributed by atoms with van der Waals surface area (Å²) in [5.74, 6) is -0.0968. The van der Waals surface area contributed by atoms with Gasteiger partial charge in [0.15, 0.2) is 0 Å². The first kappa shape index (κ1) is 11.6. The van der Waals surface area contributed by atoms with Crippen molar-refractivity contribution in [1.82, 2.24) is 5.32 Å². The van der Waals surface area contributed by atoms with Crippen LogP contribution in [-0.4, -0.2) is 26.3 Å². The molecule has 1 fully saturated rings. The van der Waals surface area contributed by atoms with E-state index in [1.54, 1.807) is 6.07 Å². The quantitative estimate of drug-likeness (QED) is 0.772. The molecule has 0 radical (unpaired) electrons. The molecule has 2 rings (SSSR count). The van der Waals surface area contributed by atoms with Gasteiger partial charge in [-0.05, 0) is 25.0 Å². The van der Waals surface area contributed by atoms with Crippen molar-refractivity contribution >= 4 is 0 Å². The molecule has 3 heteroatoms. The van der Waals surface area contributed by atoms with Crippen molar-refractivity contribution in [2.75, 3.05) is 26.3 Å². The second kappa shape index (κ2) is 4.93. The number of hydrogen-bond donors (Lipinski definition) is 1. The molecular weight excluding hydrogens is 205 g/mol. The maximum absolute atomic E-state index is 13.7. The average Bonchev–Trinajstić information content (AvgIpc) is 2.24. The zero-order chi connectivity index (χ0) is 11.4. The van der Waals surface area contributed by atoms with E-state index in [0.29, 0.717) is 6.61 Å². The summed E-state index contributed by atoms with van der Waals surface area (Å²) in [6.45, 7) is 5.10. The molecule has 1 aromatic rings. The number of benzene rings is 1. The van der Waals surface area contributed by atoms with Gasteiger partial charge in [0.05, 0.1) is 0 Å². The molecular formula is C13H18FNO. The summed E-state index contributed by atoms with van der Waals surface area (Å²) in [6.07, 6.45) is 0.884. The van der Waals surface area contributed by atoms with Gasteiger partial charge in [0.25, 0.3) is 0 Å². The molecule has 0 spiro atoms. The first-order valence-corrected chi connectivity index (χ1v) is 5.82. The normalized spacial score (nSPS) is 18.1. The number of ether oxygens (including phenoxy) is 1. The third-order valence-corrected chi connectivity index (χ3v) is 3.30. The highest BCUT2D eigenvalue weighted by molar-refractivity contribution is 5.31. The van der Waals surface area contributed by atoms with Crippen molar-refractivity contribution < 1.29 is 9.13 Å². The lowest BCUT2D eigenvalue weighted by atomic mass is 9.72. The summed E-state index contributed by atoms with van der Waals surface area (Å²) < 4.78 is 19.1. The Bertz CT molecular complexity index is 350. The van der Waals surface area contributed by atoms with E-state index >= 15 is 0 Å². The summed E-state index contributed by atoms with van der Waals surface area (Å²) >= 11 is 0. The topological polar surface area (TPSA) is 21.3 Å². The molecule has 1 aliphatic heterocycles. The summed E-state index contributed by atoms with van der Waals surface area (Å²) in [5.41, 5.74) is 0.772. The summed E-state index contributed by atoms with van der Waals surface area (Å²) in [7, 11) is 0. The minimum Gasteiger partial charge on any atom is -0.382 e. The van der Waals surface area contributed by atoms with Crippen molar-refractivity contribution in [3.8, 4) is 0 Å². The van der Waals surface area contributed by atoms with Crippen LogP contribution in [0.4, 0.5) is 4.39 Å². The molecule has 1 aromatic carbocycles. The van der Waals surface area contributed by atoms with Gasteiger partial charge < -0.3 is 10.1 Å². The fourth-order valence-corrected chi connectivity index (χ4v) is 2.23. The van der Waals surface area contributed by atoms with Gasteiger partial charge in [-0.25, -0.2) is 4.39 Å². The van der Waals surface area contributed by atoms with Crippen molar-refractivity contribution in [2.45, 2.75) is 18.8 Å². The van der Waals surface area contributed by atoms with Crippen LogP contribution < -0.4 is 5.32 Å². The van der Waals surface area contributed by atoms with E-state index in [4.69, 9.17) is 4.74 Å². The first-order valence-electron chi connectivity index (χ1n) is 5.82. The van der Waals surface area contributed by atoms with Crippen molar-refractivity contribution in [3.05, 3.63) is 35.6 Å². The monoisotopic (exact) mass is 223 g/mol. The van der Waals surface area contributed by atoms with Gasteiger partial charge in [-0.2, -0.15) is 0 Å². The molecule has 16 heavy (non-hydrogen) atoms. The van der Waals surface area contributed by atoms with Gasteiger partial charge in [0, 0.05) is 31.7 Å². The van der Waals surface area contributed by atoms with Gasteiger partial charge in [-0.15, -0.1) is 0 Å². The summed E-state index contributed by atoms with van der Waals surface area (Å²) in [5, 5.41) is 3.23. The lowest BCUT2D eigenvalue weighted by Crippen LogP contribution is -2.57. The standard InChI is InChI=1S/C13H18FNO/c1-2-16-8-7-13(9-15-10-13)11-5-3-4-6-12(11)14/h3-6,15H,2,7-10H2,1H3. The Morgan fingerprint density at radius 3 is 2.69 bits per heavy atom. The van der Waals surface area contributed by atoms with Crippen LogP contribution in [0.3, 0.4) is 0 Å². The van der Waals surface area contributed by atoms with Gasteiger partial charge in [0.1, 0.15) is 5.82 Å². The van der Waals surface area contributed by atoms with Crippen molar-refractivity contribution in [2.24, 2.45) is 0 Å². The zero-order valence-electron chi connectivity index (χ0n) is 9.63. The Kier molecular flexibility index (Phi) is 3.56. The maximum Gasteiger partial charge on any atom is 0.127 e. The highest BCUT2D eigenvalue weighted by Crippen LogP contribution is 2.33. The lowest BCUT2D eigenvalue weighted by Gasteiger charge is -2.43. The lowest BCUT2D eigenvalue weighted by molar-refractivity contribution is 0.107. The number of nitrogens with one attached hydrogen (secondary N) is 1. The molecule has 0 aromatic heterocycles. The molecule has 1 heterocycles. The van der Waals surface area contributed by atoms with E-state index in [1.807, 2.05) is 19.1 Å². The Morgan fingerprint density at radius 2 is 2.12 bits per heavy atom. The van der Waals surface area contributed by atoms with E-state index < -0.39 is 0 Å². The van der Waals surface area contributed by atoms with Crippen LogP contribution in [0.15, 0.2) is 24.3 Å². The van der Waals surface area contributed by atoms with E-state index in [-0.39, 0.29) is 11.2 Å². The Hall–Kier alpha value is -0.930. The largest absolute Gasteiger partial charge is 0.382 e. The third-order valence-electron chi connectivity index (χ3n) is 3.30. The van der Waals surface area contributed by atoms with Crippen LogP contribution in [0.25, 0.3) is 0 Å². The predicted molar refractivity (Wildman–Crippen MR) is 62.1 cm³/mol. The van der Waals surface area contributed by atoms with E-state index in [0.717, 1.165) is 31.7 Å². The van der Waals surface area contributed by atoms with Gasteiger partial charge in [0.2, 0.25) is 0 Å². The molecule has 0 amide bonds. The fourth-order valence-electron chi connectivity index (χ4n) is 2.23.